The van der Waals surface area contributed by atoms with Crippen LogP contribution in [0.1, 0.15) is 5.56 Å². The molecule has 19 heavy (non-hydrogen) atoms. The Balaban J connectivity index is 2.16. The molecule has 1 aliphatic heterocycles. The molecular weight excluding hydrogens is 238 g/mol. The zero-order valence-electron chi connectivity index (χ0n) is 10.1. The van der Waals surface area contributed by atoms with Crippen LogP contribution in [-0.4, -0.2) is 9.55 Å². The quantitative estimate of drug-likeness (QED) is 0.665. The normalized spacial score (nSPS) is 12.6. The summed E-state index contributed by atoms with van der Waals surface area (Å²) in [5, 5.41) is 3.85. The summed E-state index contributed by atoms with van der Waals surface area (Å²) in [7, 11) is 0. The van der Waals surface area contributed by atoms with Crippen molar-refractivity contribution in [2.45, 2.75) is 6.54 Å². The van der Waals surface area contributed by atoms with Crippen LogP contribution in [0.25, 0.3) is 16.6 Å². The van der Waals surface area contributed by atoms with Gasteiger partial charge in [-0.25, -0.2) is 9.55 Å². The lowest BCUT2D eigenvalue weighted by Crippen LogP contribution is -2.28. The van der Waals surface area contributed by atoms with Crippen molar-refractivity contribution >= 4 is 16.9 Å². The Labute approximate surface area is 109 Å². The number of nitrogens with one attached hydrogen (secondary N) is 1. The molecule has 0 unspecified atom stereocenters. The number of benzene rings is 2. The van der Waals surface area contributed by atoms with Gasteiger partial charge < -0.3 is 5.32 Å². The number of nitrogens with zero attached hydrogens (tertiary/aromatic N) is 2. The summed E-state index contributed by atoms with van der Waals surface area (Å²) < 4.78 is 1.65. The molecule has 4 nitrogen and oxygen atoms in total. The molecular formula is C15H11N3O. The lowest BCUT2D eigenvalue weighted by atomic mass is 10.1. The van der Waals surface area contributed by atoms with Gasteiger partial charge in [-0.1, -0.05) is 30.3 Å². The smallest absolute Gasteiger partial charge is 0.267 e. The second kappa shape index (κ2) is 3.68. The second-order valence-corrected chi connectivity index (χ2v) is 4.58. The van der Waals surface area contributed by atoms with Crippen molar-refractivity contribution in [1.82, 2.24) is 9.55 Å². The first-order chi connectivity index (χ1) is 9.34. The summed E-state index contributed by atoms with van der Waals surface area (Å²) in [5.74, 6) is 0.613. The van der Waals surface area contributed by atoms with E-state index in [1.165, 1.54) is 0 Å². The van der Waals surface area contributed by atoms with Crippen molar-refractivity contribution in [2.24, 2.45) is 0 Å². The molecule has 0 fully saturated rings. The molecule has 92 valence electrons. The molecule has 1 aromatic heterocycles. The topological polar surface area (TPSA) is 46.9 Å². The van der Waals surface area contributed by atoms with E-state index in [0.717, 1.165) is 16.8 Å². The Morgan fingerprint density at radius 3 is 2.79 bits per heavy atom. The third kappa shape index (κ3) is 1.40. The third-order valence-electron chi connectivity index (χ3n) is 3.45. The Morgan fingerprint density at radius 1 is 1.05 bits per heavy atom. The fourth-order valence-electron chi connectivity index (χ4n) is 2.53. The lowest BCUT2D eigenvalue weighted by Gasteiger charge is -2.22. The number of rotatable bonds is 0. The standard InChI is InChI=1S/C15H11N3O/c19-14-11-6-2-3-7-12(11)17-15-16-9-10-5-1-4-8-13(10)18(14)15/h1-8H,9H2,(H,16,17). The average Bonchev–Trinajstić information content (AvgIpc) is 2.47. The van der Waals surface area contributed by atoms with E-state index in [4.69, 9.17) is 0 Å². The zero-order valence-corrected chi connectivity index (χ0v) is 10.1. The van der Waals surface area contributed by atoms with Crippen LogP contribution >= 0.6 is 0 Å². The Bertz CT molecular complexity index is 851. The van der Waals surface area contributed by atoms with E-state index < -0.39 is 0 Å². The van der Waals surface area contributed by atoms with Crippen LogP contribution in [0, 0.1) is 0 Å². The molecule has 0 radical (unpaired) electrons. The average molecular weight is 249 g/mol. The number of aromatic nitrogens is 2. The van der Waals surface area contributed by atoms with Gasteiger partial charge in [0.15, 0.2) is 0 Å². The lowest BCUT2D eigenvalue weighted by molar-refractivity contribution is 0.881. The highest BCUT2D eigenvalue weighted by atomic mass is 16.1. The van der Waals surface area contributed by atoms with Crippen molar-refractivity contribution in [3.05, 3.63) is 64.4 Å². The largest absolute Gasteiger partial charge is 0.351 e. The molecule has 0 bridgehead atoms. The summed E-state index contributed by atoms with van der Waals surface area (Å²) in [6.45, 7) is 0.695. The maximum absolute atomic E-state index is 12.6. The number of hydrogen-bond acceptors (Lipinski definition) is 3. The Kier molecular flexibility index (Phi) is 2.00. The van der Waals surface area contributed by atoms with Crippen molar-refractivity contribution in [3.63, 3.8) is 0 Å². The van der Waals surface area contributed by atoms with Gasteiger partial charge in [0.25, 0.3) is 5.56 Å². The number of fused-ring (bicyclic) bond motifs is 4. The van der Waals surface area contributed by atoms with E-state index in [2.05, 4.69) is 10.3 Å². The maximum atomic E-state index is 12.6. The summed E-state index contributed by atoms with van der Waals surface area (Å²) in [5.41, 5.74) is 2.72. The molecule has 1 N–H and O–H groups in total. The molecule has 0 aliphatic carbocycles. The first-order valence-electron chi connectivity index (χ1n) is 6.18. The van der Waals surface area contributed by atoms with Gasteiger partial charge >= 0.3 is 0 Å². The summed E-state index contributed by atoms with van der Waals surface area (Å²) in [6.07, 6.45) is 0. The van der Waals surface area contributed by atoms with Crippen LogP contribution < -0.4 is 10.9 Å². The molecule has 0 atom stereocenters. The fraction of sp³-hybridized carbons (Fsp3) is 0.0667. The van der Waals surface area contributed by atoms with E-state index in [0.29, 0.717) is 17.9 Å². The number of para-hydroxylation sites is 2. The third-order valence-corrected chi connectivity index (χ3v) is 3.45. The van der Waals surface area contributed by atoms with E-state index in [1.807, 2.05) is 48.5 Å². The SMILES string of the molecule is O=c1c2ccccc2nc2n1-c1ccccc1CN2. The van der Waals surface area contributed by atoms with Crippen molar-refractivity contribution in [1.29, 1.82) is 0 Å². The summed E-state index contributed by atoms with van der Waals surface area (Å²) >= 11 is 0. The molecule has 4 heteroatoms. The minimum atomic E-state index is -0.0275. The van der Waals surface area contributed by atoms with E-state index >= 15 is 0 Å². The first-order valence-corrected chi connectivity index (χ1v) is 6.18. The molecule has 0 saturated heterocycles. The van der Waals surface area contributed by atoms with Gasteiger partial charge in [0.05, 0.1) is 16.6 Å². The van der Waals surface area contributed by atoms with Crippen LogP contribution in [0.3, 0.4) is 0 Å². The van der Waals surface area contributed by atoms with E-state index in [1.54, 1.807) is 4.57 Å². The minimum Gasteiger partial charge on any atom is -0.351 e. The van der Waals surface area contributed by atoms with Crippen LogP contribution in [0.2, 0.25) is 0 Å². The van der Waals surface area contributed by atoms with Gasteiger partial charge in [0.2, 0.25) is 5.95 Å². The molecule has 0 saturated carbocycles. The molecule has 1 aliphatic rings. The van der Waals surface area contributed by atoms with Crippen molar-refractivity contribution in [3.8, 4) is 5.69 Å². The summed E-state index contributed by atoms with van der Waals surface area (Å²) in [6, 6.07) is 15.3. The van der Waals surface area contributed by atoms with Gasteiger partial charge in [-0.05, 0) is 23.8 Å². The highest BCUT2D eigenvalue weighted by Crippen LogP contribution is 2.23. The minimum absolute atomic E-state index is 0.0275. The second-order valence-electron chi connectivity index (χ2n) is 4.58. The predicted octanol–water partition coefficient (Wildman–Crippen LogP) is 2.31. The fourth-order valence-corrected chi connectivity index (χ4v) is 2.53. The summed E-state index contributed by atoms with van der Waals surface area (Å²) in [4.78, 5) is 17.1. The molecule has 2 aromatic carbocycles. The molecule has 2 heterocycles. The highest BCUT2D eigenvalue weighted by molar-refractivity contribution is 5.79. The number of anilines is 1. The predicted molar refractivity (Wildman–Crippen MR) is 74.7 cm³/mol. The van der Waals surface area contributed by atoms with Crippen LogP contribution in [0.5, 0.6) is 0 Å². The Hall–Kier alpha value is -2.62. The van der Waals surface area contributed by atoms with Gasteiger partial charge in [0, 0.05) is 6.54 Å². The molecule has 0 amide bonds. The monoisotopic (exact) mass is 249 g/mol. The van der Waals surface area contributed by atoms with Gasteiger partial charge in [-0.15, -0.1) is 0 Å². The van der Waals surface area contributed by atoms with Gasteiger partial charge in [-0.2, -0.15) is 0 Å². The van der Waals surface area contributed by atoms with Crippen molar-refractivity contribution < 1.29 is 0 Å². The Morgan fingerprint density at radius 2 is 1.84 bits per heavy atom. The van der Waals surface area contributed by atoms with Crippen LogP contribution in [-0.2, 0) is 6.54 Å². The van der Waals surface area contributed by atoms with Crippen LogP contribution in [0.4, 0.5) is 5.95 Å². The molecule has 3 aromatic rings. The maximum Gasteiger partial charge on any atom is 0.267 e. The van der Waals surface area contributed by atoms with Crippen LogP contribution in [0.15, 0.2) is 53.3 Å². The zero-order chi connectivity index (χ0) is 12.8. The molecule has 0 spiro atoms. The highest BCUT2D eigenvalue weighted by Gasteiger charge is 2.18. The first kappa shape index (κ1) is 10.3. The van der Waals surface area contributed by atoms with E-state index in [9.17, 15) is 4.79 Å². The molecule has 4 rings (SSSR count). The van der Waals surface area contributed by atoms with Gasteiger partial charge in [0.1, 0.15) is 0 Å². The number of hydrogen-bond donors (Lipinski definition) is 1. The van der Waals surface area contributed by atoms with Gasteiger partial charge in [-0.3, -0.25) is 4.79 Å². The van der Waals surface area contributed by atoms with E-state index in [-0.39, 0.29) is 5.56 Å². The van der Waals surface area contributed by atoms with Crippen molar-refractivity contribution in [2.75, 3.05) is 5.32 Å².